The molecule has 0 unspecified atom stereocenters. The van der Waals surface area contributed by atoms with Crippen LogP contribution in [0, 0.1) is 0 Å². The molecular formula is C27H32Cl2N8O3. The molecular weight excluding hydrogens is 555 g/mol. The lowest BCUT2D eigenvalue weighted by Crippen LogP contribution is -2.47. The largest absolute Gasteiger partial charge is 0.448 e. The number of nitrogens with zero attached hydrogens (tertiary/aromatic N) is 6. The van der Waals surface area contributed by atoms with Gasteiger partial charge in [-0.2, -0.15) is 0 Å². The molecule has 0 radical (unpaired) electrons. The van der Waals surface area contributed by atoms with Crippen LogP contribution in [0.2, 0.25) is 10.0 Å². The number of rotatable bonds is 9. The first-order chi connectivity index (χ1) is 19.4. The van der Waals surface area contributed by atoms with Gasteiger partial charge in [-0.3, -0.25) is 9.80 Å². The van der Waals surface area contributed by atoms with Crippen molar-refractivity contribution in [2.24, 2.45) is 5.73 Å². The molecule has 5 rings (SSSR count). The van der Waals surface area contributed by atoms with E-state index in [0.717, 1.165) is 63.5 Å². The summed E-state index contributed by atoms with van der Waals surface area (Å²) in [7, 11) is 0. The van der Waals surface area contributed by atoms with E-state index in [1.54, 1.807) is 18.5 Å². The number of benzene rings is 1. The summed E-state index contributed by atoms with van der Waals surface area (Å²) in [4.78, 5) is 31.4. The van der Waals surface area contributed by atoms with Gasteiger partial charge in [0.25, 0.3) is 0 Å². The van der Waals surface area contributed by atoms with Crippen LogP contribution in [0.5, 0.6) is 11.6 Å². The zero-order valence-corrected chi connectivity index (χ0v) is 23.6. The van der Waals surface area contributed by atoms with Crippen LogP contribution >= 0.6 is 23.2 Å². The van der Waals surface area contributed by atoms with Gasteiger partial charge in [0.2, 0.25) is 11.8 Å². The second-order valence-electron chi connectivity index (χ2n) is 9.70. The predicted octanol–water partition coefficient (Wildman–Crippen LogP) is 3.26. The van der Waals surface area contributed by atoms with E-state index in [4.69, 9.17) is 43.4 Å². The summed E-state index contributed by atoms with van der Waals surface area (Å²) in [6, 6.07) is 9.33. The van der Waals surface area contributed by atoms with Crippen LogP contribution in [0.3, 0.4) is 0 Å². The molecule has 2 aliphatic heterocycles. The van der Waals surface area contributed by atoms with Crippen molar-refractivity contribution in [2.75, 3.05) is 70.4 Å². The molecule has 0 spiro atoms. The van der Waals surface area contributed by atoms with Crippen LogP contribution in [-0.4, -0.2) is 96.4 Å². The summed E-state index contributed by atoms with van der Waals surface area (Å²) in [6.45, 7) is 8.70. The molecule has 0 aliphatic carbocycles. The fourth-order valence-corrected chi connectivity index (χ4v) is 5.29. The van der Waals surface area contributed by atoms with E-state index in [1.165, 1.54) is 0 Å². The lowest BCUT2D eigenvalue weighted by molar-refractivity contribution is 0.0960. The molecule has 3 N–H and O–H groups in total. The Morgan fingerprint density at radius 3 is 2.27 bits per heavy atom. The Balaban J connectivity index is 1.31. The Morgan fingerprint density at radius 2 is 1.60 bits per heavy atom. The molecule has 1 amide bonds. The minimum atomic E-state index is -0.742. The number of carbonyl (C=O) groups is 1. The van der Waals surface area contributed by atoms with Crippen molar-refractivity contribution < 1.29 is 14.3 Å². The van der Waals surface area contributed by atoms with Gasteiger partial charge in [-0.15, -0.1) is 0 Å². The number of carbonyl (C=O) groups excluding carboxylic acids is 1. The average molecular weight is 588 g/mol. The van der Waals surface area contributed by atoms with E-state index in [0.29, 0.717) is 53.0 Å². The van der Waals surface area contributed by atoms with Crippen LogP contribution in [0.25, 0.3) is 11.3 Å². The first kappa shape index (κ1) is 28.3. The molecule has 2 fully saturated rings. The number of piperazine rings is 2. The molecule has 1 aromatic carbocycles. The van der Waals surface area contributed by atoms with Gasteiger partial charge >= 0.3 is 6.09 Å². The molecule has 2 saturated heterocycles. The fourth-order valence-electron chi connectivity index (χ4n) is 4.77. The van der Waals surface area contributed by atoms with Gasteiger partial charge in [0.05, 0.1) is 18.1 Å². The summed E-state index contributed by atoms with van der Waals surface area (Å²) in [6.07, 6.45) is 2.61. The number of pyridine rings is 1. The number of primary amides is 1. The topological polar surface area (TPSA) is 122 Å². The number of hydrogen-bond donors (Lipinski definition) is 2. The van der Waals surface area contributed by atoms with Crippen molar-refractivity contribution in [1.82, 2.24) is 30.1 Å². The molecule has 212 valence electrons. The summed E-state index contributed by atoms with van der Waals surface area (Å²) < 4.78 is 11.0. The lowest BCUT2D eigenvalue weighted by atomic mass is 10.1. The normalized spacial score (nSPS) is 16.6. The van der Waals surface area contributed by atoms with Crippen LogP contribution in [0.4, 0.5) is 10.7 Å². The van der Waals surface area contributed by atoms with Crippen LogP contribution in [0.1, 0.15) is 5.56 Å². The minimum absolute atomic E-state index is 0.297. The van der Waals surface area contributed by atoms with Crippen molar-refractivity contribution in [3.05, 3.63) is 58.3 Å². The molecule has 3 aromatic rings. The average Bonchev–Trinajstić information content (AvgIpc) is 2.94. The third-order valence-corrected chi connectivity index (χ3v) is 7.22. The first-order valence-electron chi connectivity index (χ1n) is 13.2. The maximum absolute atomic E-state index is 10.8. The van der Waals surface area contributed by atoms with Gasteiger partial charge in [-0.05, 0) is 29.8 Å². The maximum Gasteiger partial charge on any atom is 0.404 e. The summed E-state index contributed by atoms with van der Waals surface area (Å²) in [5.74, 6) is 1.62. The third kappa shape index (κ3) is 7.92. The van der Waals surface area contributed by atoms with E-state index in [-0.39, 0.29) is 0 Å². The van der Waals surface area contributed by atoms with Crippen LogP contribution < -0.4 is 20.7 Å². The molecule has 13 heteroatoms. The summed E-state index contributed by atoms with van der Waals surface area (Å²) in [5.41, 5.74) is 7.60. The number of halogens is 2. The van der Waals surface area contributed by atoms with E-state index in [9.17, 15) is 4.79 Å². The SMILES string of the molecule is NC(=O)OCCN1CCN(Cc2cc(Oc3cnc(N4CCNCC4)nc3)nc(-c3cc(Cl)cc(Cl)c3)c2)CC1. The maximum atomic E-state index is 10.8. The van der Waals surface area contributed by atoms with Crippen LogP contribution in [0.15, 0.2) is 42.7 Å². The molecule has 4 heterocycles. The minimum Gasteiger partial charge on any atom is -0.448 e. The van der Waals surface area contributed by atoms with Crippen molar-refractivity contribution in [3.63, 3.8) is 0 Å². The molecule has 2 aliphatic rings. The first-order valence-corrected chi connectivity index (χ1v) is 14.0. The number of anilines is 1. The third-order valence-electron chi connectivity index (χ3n) is 6.78. The molecule has 0 saturated carbocycles. The Bertz CT molecular complexity index is 1280. The highest BCUT2D eigenvalue weighted by atomic mass is 35.5. The second kappa shape index (κ2) is 13.4. The highest BCUT2D eigenvalue weighted by Gasteiger charge is 2.19. The fraction of sp³-hybridized carbons (Fsp3) is 0.407. The van der Waals surface area contributed by atoms with Gasteiger partial charge in [-0.25, -0.2) is 19.7 Å². The Kier molecular flexibility index (Phi) is 9.50. The Labute approximate surface area is 243 Å². The monoisotopic (exact) mass is 586 g/mol. The quantitative estimate of drug-likeness (QED) is 0.386. The van der Waals surface area contributed by atoms with Crippen molar-refractivity contribution >= 4 is 35.2 Å². The highest BCUT2D eigenvalue weighted by molar-refractivity contribution is 6.35. The van der Waals surface area contributed by atoms with Crippen molar-refractivity contribution in [1.29, 1.82) is 0 Å². The predicted molar refractivity (Wildman–Crippen MR) is 154 cm³/mol. The summed E-state index contributed by atoms with van der Waals surface area (Å²) in [5, 5.41) is 4.40. The van der Waals surface area contributed by atoms with Gasteiger partial charge in [0.15, 0.2) is 5.75 Å². The highest BCUT2D eigenvalue weighted by Crippen LogP contribution is 2.30. The van der Waals surface area contributed by atoms with Crippen LogP contribution in [-0.2, 0) is 11.3 Å². The van der Waals surface area contributed by atoms with E-state index in [1.807, 2.05) is 24.3 Å². The van der Waals surface area contributed by atoms with Gasteiger partial charge in [0.1, 0.15) is 6.61 Å². The van der Waals surface area contributed by atoms with Crippen molar-refractivity contribution in [3.8, 4) is 22.9 Å². The van der Waals surface area contributed by atoms with Gasteiger partial charge < -0.3 is 25.4 Å². The molecule has 2 aromatic heterocycles. The van der Waals surface area contributed by atoms with Crippen molar-refractivity contribution in [2.45, 2.75) is 6.54 Å². The second-order valence-corrected chi connectivity index (χ2v) is 10.6. The standard InChI is InChI=1S/C27H32Cl2N8O3/c28-21-13-20(14-22(29)15-21)24-11-19(18-36-7-5-35(6-8-36)9-10-39-26(30)38)12-25(34-24)40-23-16-32-27(33-17-23)37-3-1-31-2-4-37/h11-17,31H,1-10,18H2,(H2,30,38). The number of amides is 1. The number of hydrogen-bond acceptors (Lipinski definition) is 10. The Morgan fingerprint density at radius 1 is 0.925 bits per heavy atom. The van der Waals surface area contributed by atoms with E-state index < -0.39 is 6.09 Å². The van der Waals surface area contributed by atoms with Gasteiger partial charge in [-0.1, -0.05) is 23.2 Å². The van der Waals surface area contributed by atoms with E-state index in [2.05, 4.69) is 30.0 Å². The number of nitrogens with two attached hydrogens (primary N) is 1. The molecule has 40 heavy (non-hydrogen) atoms. The van der Waals surface area contributed by atoms with Gasteiger partial charge in [0, 0.05) is 87.1 Å². The smallest absolute Gasteiger partial charge is 0.404 e. The molecule has 11 nitrogen and oxygen atoms in total. The Hall–Kier alpha value is -3.22. The number of aromatic nitrogens is 3. The molecule has 0 atom stereocenters. The number of nitrogens with one attached hydrogen (secondary N) is 1. The summed E-state index contributed by atoms with van der Waals surface area (Å²) >= 11 is 12.6. The van der Waals surface area contributed by atoms with E-state index >= 15 is 0 Å². The zero-order valence-electron chi connectivity index (χ0n) is 22.1. The zero-order chi connectivity index (χ0) is 27.9. The lowest BCUT2D eigenvalue weighted by Gasteiger charge is -2.34. The molecule has 0 bridgehead atoms. The number of ether oxygens (including phenoxy) is 2.